The first-order valence-corrected chi connectivity index (χ1v) is 7.32. The smallest absolute Gasteiger partial charge is 0.323 e. The SMILES string of the molecule is CC1CCCC(C)N1NS(=O)(=O)C(C)C(=O)O. The maximum Gasteiger partial charge on any atom is 0.323 e. The number of aliphatic carboxylic acids is 1. The van der Waals surface area contributed by atoms with Gasteiger partial charge in [0.15, 0.2) is 5.25 Å². The number of nitrogens with one attached hydrogen (secondary N) is 1. The summed E-state index contributed by atoms with van der Waals surface area (Å²) in [6, 6.07) is 0.184. The number of carboxylic acid groups (broad SMARTS) is 1. The zero-order valence-electron chi connectivity index (χ0n) is 10.4. The van der Waals surface area contributed by atoms with Gasteiger partial charge in [0.25, 0.3) is 0 Å². The van der Waals surface area contributed by atoms with Crippen molar-refractivity contribution in [3.05, 3.63) is 0 Å². The molecular weight excluding hydrogens is 244 g/mol. The lowest BCUT2D eigenvalue weighted by Crippen LogP contribution is -2.56. The van der Waals surface area contributed by atoms with Gasteiger partial charge in [-0.3, -0.25) is 4.79 Å². The molecule has 0 aromatic heterocycles. The number of sulfonamides is 1. The highest BCUT2D eigenvalue weighted by atomic mass is 32.2. The number of carbonyl (C=O) groups is 1. The maximum atomic E-state index is 11.8. The monoisotopic (exact) mass is 264 g/mol. The van der Waals surface area contributed by atoms with E-state index in [1.165, 1.54) is 6.92 Å². The van der Waals surface area contributed by atoms with Crippen LogP contribution in [0.3, 0.4) is 0 Å². The minimum absolute atomic E-state index is 0.0921. The molecule has 3 unspecified atom stereocenters. The molecule has 0 aliphatic carbocycles. The van der Waals surface area contributed by atoms with E-state index in [9.17, 15) is 13.2 Å². The first-order chi connectivity index (χ1) is 7.75. The van der Waals surface area contributed by atoms with E-state index >= 15 is 0 Å². The number of carboxylic acids is 1. The lowest BCUT2D eigenvalue weighted by atomic mass is 10.0. The Morgan fingerprint density at radius 2 is 1.82 bits per heavy atom. The number of nitrogens with zero attached hydrogens (tertiary/aromatic N) is 1. The Kier molecular flexibility index (Phi) is 4.51. The predicted octanol–water partition coefficient (Wildman–Crippen LogP) is 0.557. The fourth-order valence-corrected chi connectivity index (χ4v) is 3.04. The molecule has 0 radical (unpaired) electrons. The summed E-state index contributed by atoms with van der Waals surface area (Å²) in [6.45, 7) is 5.04. The molecule has 1 aliphatic rings. The van der Waals surface area contributed by atoms with Crippen LogP contribution in [0.5, 0.6) is 0 Å². The summed E-state index contributed by atoms with van der Waals surface area (Å²) < 4.78 is 23.6. The first kappa shape index (κ1) is 14.4. The molecule has 0 amide bonds. The van der Waals surface area contributed by atoms with E-state index in [4.69, 9.17) is 5.11 Å². The predicted molar refractivity (Wildman–Crippen MR) is 63.8 cm³/mol. The second-order valence-corrected chi connectivity index (χ2v) is 6.63. The average Bonchev–Trinajstić information content (AvgIpc) is 2.22. The summed E-state index contributed by atoms with van der Waals surface area (Å²) in [5.41, 5.74) is 0. The molecule has 2 N–H and O–H groups in total. The first-order valence-electron chi connectivity index (χ1n) is 5.78. The van der Waals surface area contributed by atoms with Gasteiger partial charge in [-0.1, -0.05) is 6.42 Å². The fourth-order valence-electron chi connectivity index (χ4n) is 1.96. The van der Waals surface area contributed by atoms with Crippen LogP contribution in [-0.4, -0.2) is 41.8 Å². The van der Waals surface area contributed by atoms with Crippen LogP contribution in [0, 0.1) is 0 Å². The maximum absolute atomic E-state index is 11.8. The van der Waals surface area contributed by atoms with Gasteiger partial charge in [0.1, 0.15) is 0 Å². The van der Waals surface area contributed by atoms with Crippen molar-refractivity contribution in [3.8, 4) is 0 Å². The third kappa shape index (κ3) is 3.40. The number of hydrogen-bond acceptors (Lipinski definition) is 4. The van der Waals surface area contributed by atoms with Crippen LogP contribution in [-0.2, 0) is 14.8 Å². The topological polar surface area (TPSA) is 86.7 Å². The number of hydrazine groups is 1. The quantitative estimate of drug-likeness (QED) is 0.774. The molecule has 3 atom stereocenters. The molecule has 6 nitrogen and oxygen atoms in total. The van der Waals surface area contributed by atoms with Crippen LogP contribution in [0.4, 0.5) is 0 Å². The minimum Gasteiger partial charge on any atom is -0.480 e. The molecule has 0 spiro atoms. The summed E-state index contributed by atoms with van der Waals surface area (Å²) in [5, 5.41) is 8.95. The second kappa shape index (κ2) is 5.32. The molecule has 1 heterocycles. The Labute approximate surface area is 102 Å². The standard InChI is InChI=1S/C10H20N2O4S/c1-7-5-4-6-8(2)12(7)11-17(15,16)9(3)10(13)14/h7-9,11H,4-6H2,1-3H3,(H,13,14). The summed E-state index contributed by atoms with van der Waals surface area (Å²) >= 11 is 0. The third-order valence-electron chi connectivity index (χ3n) is 3.24. The normalized spacial score (nSPS) is 28.9. The van der Waals surface area contributed by atoms with Gasteiger partial charge in [0.05, 0.1) is 0 Å². The third-order valence-corrected chi connectivity index (χ3v) is 4.84. The summed E-state index contributed by atoms with van der Waals surface area (Å²) in [6.07, 6.45) is 2.89. The van der Waals surface area contributed by atoms with E-state index in [0.29, 0.717) is 0 Å². The summed E-state index contributed by atoms with van der Waals surface area (Å²) in [4.78, 5) is 13.1. The van der Waals surface area contributed by atoms with Crippen LogP contribution < -0.4 is 4.83 Å². The molecule has 0 aromatic rings. The zero-order chi connectivity index (χ0) is 13.2. The van der Waals surface area contributed by atoms with Gasteiger partial charge in [-0.2, -0.15) is 0 Å². The van der Waals surface area contributed by atoms with E-state index < -0.39 is 21.2 Å². The van der Waals surface area contributed by atoms with Crippen molar-refractivity contribution in [2.75, 3.05) is 0 Å². The zero-order valence-corrected chi connectivity index (χ0v) is 11.2. The molecule has 100 valence electrons. The number of rotatable bonds is 4. The van der Waals surface area contributed by atoms with Crippen LogP contribution in [0.2, 0.25) is 0 Å². The van der Waals surface area contributed by atoms with Crippen LogP contribution in [0.25, 0.3) is 0 Å². The Balaban J connectivity index is 2.78. The molecule has 0 bridgehead atoms. The molecular formula is C10H20N2O4S. The molecule has 0 saturated carbocycles. The van der Waals surface area contributed by atoms with E-state index in [0.717, 1.165) is 19.3 Å². The van der Waals surface area contributed by atoms with Gasteiger partial charge in [-0.05, 0) is 33.6 Å². The lowest BCUT2D eigenvalue weighted by Gasteiger charge is -2.38. The van der Waals surface area contributed by atoms with Crippen molar-refractivity contribution < 1.29 is 18.3 Å². The number of hydrogen-bond donors (Lipinski definition) is 2. The average molecular weight is 264 g/mol. The van der Waals surface area contributed by atoms with Crippen LogP contribution in [0.1, 0.15) is 40.0 Å². The highest BCUT2D eigenvalue weighted by molar-refractivity contribution is 7.90. The van der Waals surface area contributed by atoms with E-state index in [1.807, 2.05) is 13.8 Å². The highest BCUT2D eigenvalue weighted by Crippen LogP contribution is 2.21. The van der Waals surface area contributed by atoms with Crippen molar-refractivity contribution in [1.29, 1.82) is 0 Å². The lowest BCUT2D eigenvalue weighted by molar-refractivity contribution is -0.136. The van der Waals surface area contributed by atoms with Crippen molar-refractivity contribution in [1.82, 2.24) is 9.84 Å². The van der Waals surface area contributed by atoms with Crippen LogP contribution >= 0.6 is 0 Å². The van der Waals surface area contributed by atoms with Gasteiger partial charge in [0.2, 0.25) is 10.0 Å². The van der Waals surface area contributed by atoms with E-state index in [2.05, 4.69) is 4.83 Å². The molecule has 7 heteroatoms. The van der Waals surface area contributed by atoms with Crippen LogP contribution in [0.15, 0.2) is 0 Å². The highest BCUT2D eigenvalue weighted by Gasteiger charge is 2.33. The number of piperidine rings is 1. The summed E-state index contributed by atoms with van der Waals surface area (Å²) in [7, 11) is -3.85. The molecule has 1 rings (SSSR count). The van der Waals surface area contributed by atoms with Gasteiger partial charge in [-0.15, -0.1) is 4.83 Å². The Bertz CT molecular complexity index is 372. The molecule has 1 aliphatic heterocycles. The Morgan fingerprint density at radius 1 is 1.35 bits per heavy atom. The van der Waals surface area contributed by atoms with Crippen molar-refractivity contribution in [3.63, 3.8) is 0 Å². The van der Waals surface area contributed by atoms with Crippen molar-refractivity contribution >= 4 is 16.0 Å². The largest absolute Gasteiger partial charge is 0.480 e. The van der Waals surface area contributed by atoms with Gasteiger partial charge >= 0.3 is 5.97 Å². The molecule has 1 fully saturated rings. The van der Waals surface area contributed by atoms with E-state index in [-0.39, 0.29) is 12.1 Å². The summed E-state index contributed by atoms with van der Waals surface area (Å²) in [5.74, 6) is -1.34. The Hall–Kier alpha value is -0.660. The van der Waals surface area contributed by atoms with Gasteiger partial charge in [0, 0.05) is 12.1 Å². The van der Waals surface area contributed by atoms with Gasteiger partial charge < -0.3 is 5.11 Å². The van der Waals surface area contributed by atoms with Crippen molar-refractivity contribution in [2.24, 2.45) is 0 Å². The minimum atomic E-state index is -3.85. The second-order valence-electron chi connectivity index (χ2n) is 4.65. The van der Waals surface area contributed by atoms with E-state index in [1.54, 1.807) is 5.01 Å². The fraction of sp³-hybridized carbons (Fsp3) is 0.900. The van der Waals surface area contributed by atoms with Gasteiger partial charge in [-0.25, -0.2) is 13.4 Å². The van der Waals surface area contributed by atoms with Crippen molar-refractivity contribution in [2.45, 2.75) is 57.4 Å². The Morgan fingerprint density at radius 3 is 2.24 bits per heavy atom. The molecule has 1 saturated heterocycles. The molecule has 0 aromatic carbocycles. The molecule has 17 heavy (non-hydrogen) atoms.